The quantitative estimate of drug-likeness (QED) is 0.600. The van der Waals surface area contributed by atoms with Gasteiger partial charge in [-0.3, -0.25) is 14.4 Å². The summed E-state index contributed by atoms with van der Waals surface area (Å²) in [5.74, 6) is -0.882. The first kappa shape index (κ1) is 20.8. The van der Waals surface area contributed by atoms with Gasteiger partial charge in [0.25, 0.3) is 5.91 Å². The predicted octanol–water partition coefficient (Wildman–Crippen LogP) is 2.46. The van der Waals surface area contributed by atoms with Crippen LogP contribution in [0, 0.1) is 0 Å². The lowest BCUT2D eigenvalue weighted by atomic mass is 10.1. The lowest BCUT2D eigenvalue weighted by Gasteiger charge is -2.21. The minimum absolute atomic E-state index is 0.136. The van der Waals surface area contributed by atoms with Gasteiger partial charge in [-0.1, -0.05) is 0 Å². The van der Waals surface area contributed by atoms with Gasteiger partial charge in [0, 0.05) is 48.7 Å². The molecule has 3 N–H and O–H groups in total. The molecule has 0 saturated carbocycles. The van der Waals surface area contributed by atoms with Crippen molar-refractivity contribution in [3.8, 4) is 5.69 Å². The van der Waals surface area contributed by atoms with Crippen molar-refractivity contribution >= 4 is 23.4 Å². The Balaban J connectivity index is 1.55. The second kappa shape index (κ2) is 9.51. The van der Waals surface area contributed by atoms with Gasteiger partial charge >= 0.3 is 0 Å². The molecule has 1 heterocycles. The van der Waals surface area contributed by atoms with Crippen molar-refractivity contribution in [3.05, 3.63) is 78.1 Å². The zero-order chi connectivity index (χ0) is 21.5. The van der Waals surface area contributed by atoms with Crippen LogP contribution in [0.5, 0.6) is 0 Å². The number of nitrogens with one attached hydrogen (secondary N) is 1. The van der Waals surface area contributed by atoms with Crippen molar-refractivity contribution in [1.29, 1.82) is 0 Å². The van der Waals surface area contributed by atoms with E-state index in [0.717, 1.165) is 5.69 Å². The van der Waals surface area contributed by atoms with Gasteiger partial charge in [-0.2, -0.15) is 5.10 Å². The molecule has 3 rings (SSSR count). The van der Waals surface area contributed by atoms with Crippen molar-refractivity contribution in [2.45, 2.75) is 13.3 Å². The van der Waals surface area contributed by atoms with E-state index in [4.69, 9.17) is 5.73 Å². The van der Waals surface area contributed by atoms with Crippen LogP contribution in [0.4, 0.5) is 5.69 Å². The third-order valence-electron chi connectivity index (χ3n) is 4.61. The van der Waals surface area contributed by atoms with Crippen LogP contribution in [0.3, 0.4) is 0 Å². The number of nitrogens with zero attached hydrogens (tertiary/aromatic N) is 3. The molecule has 0 aliphatic rings. The fourth-order valence-electron chi connectivity index (χ4n) is 2.94. The molecule has 0 radical (unpaired) electrons. The van der Waals surface area contributed by atoms with Crippen molar-refractivity contribution in [2.24, 2.45) is 5.73 Å². The molecule has 154 valence electrons. The number of hydrogen-bond acceptors (Lipinski definition) is 4. The Morgan fingerprint density at radius 3 is 2.27 bits per heavy atom. The van der Waals surface area contributed by atoms with E-state index in [2.05, 4.69) is 10.4 Å². The zero-order valence-corrected chi connectivity index (χ0v) is 16.6. The van der Waals surface area contributed by atoms with E-state index >= 15 is 0 Å². The largest absolute Gasteiger partial charge is 0.366 e. The molecule has 0 atom stereocenters. The highest BCUT2D eigenvalue weighted by molar-refractivity contribution is 5.96. The maximum Gasteiger partial charge on any atom is 0.253 e. The van der Waals surface area contributed by atoms with E-state index in [1.165, 1.54) is 0 Å². The lowest BCUT2D eigenvalue weighted by Crippen LogP contribution is -2.33. The summed E-state index contributed by atoms with van der Waals surface area (Å²) < 4.78 is 1.71. The van der Waals surface area contributed by atoms with Crippen LogP contribution in [0.2, 0.25) is 0 Å². The minimum Gasteiger partial charge on any atom is -0.366 e. The summed E-state index contributed by atoms with van der Waals surface area (Å²) in [7, 11) is 0. The van der Waals surface area contributed by atoms with Crippen LogP contribution in [0.25, 0.3) is 5.69 Å². The summed E-state index contributed by atoms with van der Waals surface area (Å²) in [5.41, 5.74) is 7.55. The number of hydrogen-bond donors (Lipinski definition) is 2. The third-order valence-corrected chi connectivity index (χ3v) is 4.61. The van der Waals surface area contributed by atoms with E-state index in [-0.39, 0.29) is 18.2 Å². The molecule has 2 aromatic carbocycles. The van der Waals surface area contributed by atoms with Gasteiger partial charge in [0.15, 0.2) is 0 Å². The number of carbonyl (C=O) groups is 3. The molecule has 3 aromatic rings. The van der Waals surface area contributed by atoms with E-state index in [0.29, 0.717) is 29.9 Å². The van der Waals surface area contributed by atoms with Gasteiger partial charge in [-0.15, -0.1) is 0 Å². The molecule has 3 amide bonds. The lowest BCUT2D eigenvalue weighted by molar-refractivity contribution is -0.116. The number of carbonyl (C=O) groups excluding carboxylic acids is 3. The highest BCUT2D eigenvalue weighted by Gasteiger charge is 2.16. The van der Waals surface area contributed by atoms with Crippen LogP contribution in [-0.4, -0.2) is 45.5 Å². The maximum atomic E-state index is 12.8. The Kier molecular flexibility index (Phi) is 6.59. The second-order valence-corrected chi connectivity index (χ2v) is 6.62. The summed E-state index contributed by atoms with van der Waals surface area (Å²) in [4.78, 5) is 37.7. The summed E-state index contributed by atoms with van der Waals surface area (Å²) in [6.07, 6.45) is 3.67. The fourth-order valence-corrected chi connectivity index (χ4v) is 2.94. The average molecular weight is 405 g/mol. The minimum atomic E-state index is -0.525. The second-order valence-electron chi connectivity index (χ2n) is 6.62. The molecule has 30 heavy (non-hydrogen) atoms. The molecular formula is C22H23N5O3. The Morgan fingerprint density at radius 2 is 1.70 bits per heavy atom. The van der Waals surface area contributed by atoms with Crippen LogP contribution in [-0.2, 0) is 4.79 Å². The SMILES string of the molecule is CCN(CCC(=O)Nc1ccc(C(N)=O)cc1)C(=O)c1ccc(-n2cccn2)cc1. The standard InChI is InChI=1S/C22H23N5O3/c1-2-26(15-12-20(28)25-18-8-4-16(5-9-18)21(23)29)22(30)17-6-10-19(11-7-17)27-14-3-13-24-27/h3-11,13-14H,2,12,15H2,1H3,(H2,23,29)(H,25,28). The van der Waals surface area contributed by atoms with Gasteiger partial charge in [-0.25, -0.2) is 4.68 Å². The summed E-state index contributed by atoms with van der Waals surface area (Å²) >= 11 is 0. The van der Waals surface area contributed by atoms with Crippen LogP contribution in [0.15, 0.2) is 67.0 Å². The van der Waals surface area contributed by atoms with E-state index < -0.39 is 5.91 Å². The molecule has 8 heteroatoms. The molecule has 0 saturated heterocycles. The first-order chi connectivity index (χ1) is 14.5. The van der Waals surface area contributed by atoms with Crippen molar-refractivity contribution in [2.75, 3.05) is 18.4 Å². The van der Waals surface area contributed by atoms with Crippen molar-refractivity contribution in [3.63, 3.8) is 0 Å². The highest BCUT2D eigenvalue weighted by atomic mass is 16.2. The molecule has 0 bridgehead atoms. The number of amides is 3. The Labute approximate surface area is 174 Å². The Morgan fingerprint density at radius 1 is 1.03 bits per heavy atom. The van der Waals surface area contributed by atoms with Gasteiger partial charge in [0.05, 0.1) is 5.69 Å². The molecule has 0 unspecified atom stereocenters. The maximum absolute atomic E-state index is 12.8. The van der Waals surface area contributed by atoms with Crippen LogP contribution < -0.4 is 11.1 Å². The number of nitrogens with two attached hydrogens (primary N) is 1. The first-order valence-corrected chi connectivity index (χ1v) is 9.57. The number of primary amides is 1. The smallest absolute Gasteiger partial charge is 0.253 e. The first-order valence-electron chi connectivity index (χ1n) is 9.57. The van der Waals surface area contributed by atoms with E-state index in [9.17, 15) is 14.4 Å². The normalized spacial score (nSPS) is 10.4. The monoisotopic (exact) mass is 405 g/mol. The molecule has 0 fully saturated rings. The number of aromatic nitrogens is 2. The zero-order valence-electron chi connectivity index (χ0n) is 16.6. The number of benzene rings is 2. The molecule has 0 spiro atoms. The average Bonchev–Trinajstić information content (AvgIpc) is 3.29. The fraction of sp³-hybridized carbons (Fsp3) is 0.182. The predicted molar refractivity (Wildman–Crippen MR) is 113 cm³/mol. The Bertz CT molecular complexity index is 1010. The Hall–Kier alpha value is -3.94. The van der Waals surface area contributed by atoms with E-state index in [1.807, 2.05) is 31.3 Å². The van der Waals surface area contributed by atoms with Gasteiger partial charge in [-0.05, 0) is 61.5 Å². The molecule has 8 nitrogen and oxygen atoms in total. The molecule has 0 aliphatic carbocycles. The summed E-state index contributed by atoms with van der Waals surface area (Å²) in [6, 6.07) is 15.3. The summed E-state index contributed by atoms with van der Waals surface area (Å²) in [6.45, 7) is 2.65. The summed E-state index contributed by atoms with van der Waals surface area (Å²) in [5, 5.41) is 6.91. The van der Waals surface area contributed by atoms with Crippen molar-refractivity contribution in [1.82, 2.24) is 14.7 Å². The van der Waals surface area contributed by atoms with Gasteiger partial charge < -0.3 is 16.0 Å². The van der Waals surface area contributed by atoms with Gasteiger partial charge in [0.1, 0.15) is 0 Å². The third kappa shape index (κ3) is 5.11. The molecule has 1 aromatic heterocycles. The number of rotatable bonds is 8. The van der Waals surface area contributed by atoms with Gasteiger partial charge in [0.2, 0.25) is 11.8 Å². The number of anilines is 1. The molecule has 0 aliphatic heterocycles. The van der Waals surface area contributed by atoms with Crippen LogP contribution in [0.1, 0.15) is 34.1 Å². The highest BCUT2D eigenvalue weighted by Crippen LogP contribution is 2.12. The molecular weight excluding hydrogens is 382 g/mol. The van der Waals surface area contributed by atoms with Crippen molar-refractivity contribution < 1.29 is 14.4 Å². The van der Waals surface area contributed by atoms with E-state index in [1.54, 1.807) is 52.2 Å². The topological polar surface area (TPSA) is 110 Å². The van der Waals surface area contributed by atoms with Crippen LogP contribution >= 0.6 is 0 Å².